The molecular weight excluding hydrogens is 397 g/mol. The highest BCUT2D eigenvalue weighted by molar-refractivity contribution is 5.93. The van der Waals surface area contributed by atoms with Gasteiger partial charge in [-0.15, -0.1) is 0 Å². The molecule has 0 spiro atoms. The molecule has 2 N–H and O–H groups in total. The van der Waals surface area contributed by atoms with Crippen LogP contribution < -0.4 is 15.5 Å². The van der Waals surface area contributed by atoms with Crippen molar-refractivity contribution in [2.75, 3.05) is 36.4 Å². The molecule has 1 amide bonds. The molecule has 0 bridgehead atoms. The van der Waals surface area contributed by atoms with E-state index in [0.29, 0.717) is 24.5 Å². The minimum Gasteiger partial charge on any atom is -0.368 e. The molecule has 162 valence electrons. The van der Waals surface area contributed by atoms with E-state index < -0.39 is 0 Å². The summed E-state index contributed by atoms with van der Waals surface area (Å²) in [5.41, 5.74) is 1.82. The monoisotopic (exact) mass is 423 g/mol. The maximum absolute atomic E-state index is 13.1. The number of anilines is 2. The van der Waals surface area contributed by atoms with E-state index in [4.69, 9.17) is 0 Å². The molecule has 31 heavy (non-hydrogen) atoms. The van der Waals surface area contributed by atoms with Gasteiger partial charge in [-0.25, -0.2) is 14.4 Å². The highest BCUT2D eigenvalue weighted by Crippen LogP contribution is 2.21. The zero-order valence-corrected chi connectivity index (χ0v) is 17.7. The number of nitrogens with one attached hydrogen (secondary N) is 2. The van der Waals surface area contributed by atoms with Crippen LogP contribution in [0.25, 0.3) is 11.3 Å². The number of benzene rings is 1. The normalized spacial score (nSPS) is 13.5. The number of aromatic nitrogens is 4. The van der Waals surface area contributed by atoms with Gasteiger partial charge in [0, 0.05) is 44.9 Å². The predicted molar refractivity (Wildman–Crippen MR) is 118 cm³/mol. The van der Waals surface area contributed by atoms with Crippen LogP contribution in [0.15, 0.2) is 36.4 Å². The van der Waals surface area contributed by atoms with E-state index in [1.807, 2.05) is 13.0 Å². The molecule has 1 aliphatic heterocycles. The molecular formula is C22H26FN7O. The minimum absolute atomic E-state index is 0.221. The van der Waals surface area contributed by atoms with Gasteiger partial charge in [-0.05, 0) is 50.1 Å². The van der Waals surface area contributed by atoms with Gasteiger partial charge in [0.15, 0.2) is 0 Å². The molecule has 4 rings (SSSR count). The van der Waals surface area contributed by atoms with Crippen LogP contribution in [0, 0.1) is 12.7 Å². The fourth-order valence-corrected chi connectivity index (χ4v) is 3.65. The first-order chi connectivity index (χ1) is 15.0. The Kier molecular flexibility index (Phi) is 6.11. The Morgan fingerprint density at radius 1 is 1.10 bits per heavy atom. The average Bonchev–Trinajstić information content (AvgIpc) is 3.41. The first kappa shape index (κ1) is 20.8. The fourth-order valence-electron chi connectivity index (χ4n) is 3.65. The number of hydrogen-bond acceptors (Lipinski definition) is 6. The van der Waals surface area contributed by atoms with Gasteiger partial charge in [-0.1, -0.05) is 0 Å². The quantitative estimate of drug-likeness (QED) is 0.568. The summed E-state index contributed by atoms with van der Waals surface area (Å²) in [6.07, 6.45) is 2.38. The van der Waals surface area contributed by atoms with Gasteiger partial charge >= 0.3 is 0 Å². The second-order valence-corrected chi connectivity index (χ2v) is 7.58. The Morgan fingerprint density at radius 3 is 2.58 bits per heavy atom. The van der Waals surface area contributed by atoms with Gasteiger partial charge < -0.3 is 15.5 Å². The van der Waals surface area contributed by atoms with Crippen LogP contribution in [0.4, 0.5) is 16.0 Å². The van der Waals surface area contributed by atoms with Gasteiger partial charge in [0.25, 0.3) is 5.91 Å². The first-order valence-electron chi connectivity index (χ1n) is 10.4. The Morgan fingerprint density at radius 2 is 1.84 bits per heavy atom. The lowest BCUT2D eigenvalue weighted by Crippen LogP contribution is -2.30. The summed E-state index contributed by atoms with van der Waals surface area (Å²) in [5, 5.41) is 10.5. The van der Waals surface area contributed by atoms with Crippen LogP contribution >= 0.6 is 0 Å². The summed E-state index contributed by atoms with van der Waals surface area (Å²) in [6, 6.07) is 9.69. The van der Waals surface area contributed by atoms with Crippen LogP contribution in [0.5, 0.6) is 0 Å². The number of carbonyl (C=O) groups excluding carboxylic acids is 1. The van der Waals surface area contributed by atoms with Gasteiger partial charge in [-0.3, -0.25) is 9.48 Å². The third-order valence-electron chi connectivity index (χ3n) is 5.22. The average molecular weight is 423 g/mol. The van der Waals surface area contributed by atoms with Crippen LogP contribution in [0.3, 0.4) is 0 Å². The number of halogens is 1. The molecule has 1 saturated heterocycles. The van der Waals surface area contributed by atoms with Crippen molar-refractivity contribution in [2.24, 2.45) is 7.05 Å². The number of nitrogens with zero attached hydrogens (tertiary/aromatic N) is 5. The Balaban J connectivity index is 1.32. The van der Waals surface area contributed by atoms with Crippen molar-refractivity contribution in [1.82, 2.24) is 25.1 Å². The highest BCUT2D eigenvalue weighted by Gasteiger charge is 2.16. The molecule has 0 atom stereocenters. The molecule has 1 fully saturated rings. The summed E-state index contributed by atoms with van der Waals surface area (Å²) in [5.74, 6) is 1.89. The van der Waals surface area contributed by atoms with Gasteiger partial charge in [-0.2, -0.15) is 5.10 Å². The molecule has 0 unspecified atom stereocenters. The maximum Gasteiger partial charge on any atom is 0.269 e. The molecule has 0 aliphatic carbocycles. The van der Waals surface area contributed by atoms with E-state index in [2.05, 4.69) is 30.6 Å². The Hall–Kier alpha value is -3.49. The summed E-state index contributed by atoms with van der Waals surface area (Å²) >= 11 is 0. The van der Waals surface area contributed by atoms with E-state index >= 15 is 0 Å². The van der Waals surface area contributed by atoms with Gasteiger partial charge in [0.05, 0.1) is 5.69 Å². The summed E-state index contributed by atoms with van der Waals surface area (Å²) in [4.78, 5) is 23.8. The molecule has 1 aliphatic rings. The van der Waals surface area contributed by atoms with E-state index in [9.17, 15) is 9.18 Å². The first-order valence-corrected chi connectivity index (χ1v) is 10.4. The smallest absolute Gasteiger partial charge is 0.269 e. The van der Waals surface area contributed by atoms with E-state index in [0.717, 1.165) is 36.1 Å². The molecule has 1 aromatic carbocycles. The van der Waals surface area contributed by atoms with Gasteiger partial charge in [0.2, 0.25) is 0 Å². The molecule has 8 nitrogen and oxygen atoms in total. The molecule has 2 aromatic heterocycles. The fraction of sp³-hybridized carbons (Fsp3) is 0.364. The molecule has 0 saturated carbocycles. The molecule has 9 heteroatoms. The predicted octanol–water partition coefficient (Wildman–Crippen LogP) is 2.77. The van der Waals surface area contributed by atoms with Crippen molar-refractivity contribution < 1.29 is 9.18 Å². The number of amides is 1. The largest absolute Gasteiger partial charge is 0.368 e. The highest BCUT2D eigenvalue weighted by atomic mass is 19.1. The van der Waals surface area contributed by atoms with E-state index in [1.165, 1.54) is 29.7 Å². The van der Waals surface area contributed by atoms with Crippen molar-refractivity contribution in [3.63, 3.8) is 0 Å². The zero-order chi connectivity index (χ0) is 21.8. The summed E-state index contributed by atoms with van der Waals surface area (Å²) < 4.78 is 14.7. The van der Waals surface area contributed by atoms with Crippen LogP contribution in [0.2, 0.25) is 0 Å². The minimum atomic E-state index is -0.309. The van der Waals surface area contributed by atoms with E-state index in [1.54, 1.807) is 25.2 Å². The molecule has 3 aromatic rings. The topological polar surface area (TPSA) is 88.0 Å². The lowest BCUT2D eigenvalue weighted by atomic mass is 10.1. The number of rotatable bonds is 7. The molecule has 0 radical (unpaired) electrons. The third-order valence-corrected chi connectivity index (χ3v) is 5.22. The standard InChI is InChI=1S/C22H26FN7O/c1-15-26-20(14-21(27-15)30-11-3-4-12-30)24-9-10-25-22(31)19-13-18(28-29(19)2)16-5-7-17(23)8-6-16/h5-8,13-14H,3-4,9-12H2,1-2H3,(H,25,31)(H,24,26,27). The zero-order valence-electron chi connectivity index (χ0n) is 17.7. The van der Waals surface area contributed by atoms with Crippen molar-refractivity contribution >= 4 is 17.5 Å². The maximum atomic E-state index is 13.1. The summed E-state index contributed by atoms with van der Waals surface area (Å²) in [6.45, 7) is 4.89. The second-order valence-electron chi connectivity index (χ2n) is 7.58. The Bertz CT molecular complexity index is 1060. The SMILES string of the molecule is Cc1nc(NCCNC(=O)c2cc(-c3ccc(F)cc3)nn2C)cc(N2CCCC2)n1. The third kappa shape index (κ3) is 4.99. The van der Waals surface area contributed by atoms with Crippen molar-refractivity contribution in [1.29, 1.82) is 0 Å². The van der Waals surface area contributed by atoms with E-state index in [-0.39, 0.29) is 11.7 Å². The Labute approximate surface area is 180 Å². The number of aryl methyl sites for hydroxylation is 2. The van der Waals surface area contributed by atoms with Crippen molar-refractivity contribution in [2.45, 2.75) is 19.8 Å². The van der Waals surface area contributed by atoms with Crippen molar-refractivity contribution in [3.05, 3.63) is 53.7 Å². The lowest BCUT2D eigenvalue weighted by Gasteiger charge is -2.17. The van der Waals surface area contributed by atoms with Gasteiger partial charge in [0.1, 0.15) is 29.0 Å². The second kappa shape index (κ2) is 9.11. The van der Waals surface area contributed by atoms with Crippen LogP contribution in [-0.2, 0) is 7.05 Å². The molecule has 3 heterocycles. The summed E-state index contributed by atoms with van der Waals surface area (Å²) in [7, 11) is 1.71. The lowest BCUT2D eigenvalue weighted by molar-refractivity contribution is 0.0946. The van der Waals surface area contributed by atoms with Crippen LogP contribution in [-0.4, -0.2) is 51.8 Å². The number of hydrogen-bond donors (Lipinski definition) is 2. The van der Waals surface area contributed by atoms with Crippen molar-refractivity contribution in [3.8, 4) is 11.3 Å². The number of carbonyl (C=O) groups is 1. The van der Waals surface area contributed by atoms with Crippen LogP contribution in [0.1, 0.15) is 29.2 Å².